The number of nitrogens with zero attached hydrogens (tertiary/aromatic N) is 1. The molecule has 0 unspecified atom stereocenters. The molecule has 1 aromatic heterocycles. The Balaban J connectivity index is 1.66. The van der Waals surface area contributed by atoms with Gasteiger partial charge in [-0.25, -0.2) is 4.98 Å². The Labute approximate surface area is 175 Å². The van der Waals surface area contributed by atoms with Crippen molar-refractivity contribution < 1.29 is 13.9 Å². The van der Waals surface area contributed by atoms with Crippen LogP contribution in [0.1, 0.15) is 21.5 Å². The maximum absolute atomic E-state index is 13.0. The first-order valence-corrected chi connectivity index (χ1v) is 9.64. The van der Waals surface area contributed by atoms with Crippen molar-refractivity contribution in [3.8, 4) is 28.5 Å². The number of amides is 1. The molecule has 0 atom stereocenters. The van der Waals surface area contributed by atoms with Crippen molar-refractivity contribution in [1.29, 1.82) is 0 Å². The van der Waals surface area contributed by atoms with Crippen LogP contribution < -0.4 is 10.1 Å². The van der Waals surface area contributed by atoms with E-state index in [9.17, 15) is 4.79 Å². The maximum atomic E-state index is 13.0. The SMILES string of the molecule is COc1cccc(-c2cnc(-c3ccccc3C(=O)Nc3cccc(C)c3C)o2)c1. The minimum Gasteiger partial charge on any atom is -0.497 e. The second kappa shape index (κ2) is 8.25. The lowest BCUT2D eigenvalue weighted by atomic mass is 10.1. The zero-order chi connectivity index (χ0) is 21.1. The molecular formula is C25H22N2O3. The number of hydrogen-bond acceptors (Lipinski definition) is 4. The monoisotopic (exact) mass is 398 g/mol. The number of carbonyl (C=O) groups excluding carboxylic acids is 1. The Kier molecular flexibility index (Phi) is 5.35. The van der Waals surface area contributed by atoms with E-state index in [2.05, 4.69) is 10.3 Å². The number of rotatable bonds is 5. The van der Waals surface area contributed by atoms with Crippen LogP contribution in [0.5, 0.6) is 5.75 Å². The Hall–Kier alpha value is -3.86. The van der Waals surface area contributed by atoms with Crippen LogP contribution >= 0.6 is 0 Å². The van der Waals surface area contributed by atoms with Gasteiger partial charge in [-0.3, -0.25) is 4.79 Å². The summed E-state index contributed by atoms with van der Waals surface area (Å²) in [6.45, 7) is 4.01. The first-order chi connectivity index (χ1) is 14.6. The van der Waals surface area contributed by atoms with Gasteiger partial charge in [-0.05, 0) is 55.3 Å². The smallest absolute Gasteiger partial charge is 0.256 e. The van der Waals surface area contributed by atoms with E-state index in [1.807, 2.05) is 74.5 Å². The average molecular weight is 398 g/mol. The van der Waals surface area contributed by atoms with E-state index in [-0.39, 0.29) is 5.91 Å². The fraction of sp³-hybridized carbons (Fsp3) is 0.120. The van der Waals surface area contributed by atoms with Crippen molar-refractivity contribution >= 4 is 11.6 Å². The number of benzene rings is 3. The van der Waals surface area contributed by atoms with Crippen molar-refractivity contribution in [1.82, 2.24) is 4.98 Å². The van der Waals surface area contributed by atoms with E-state index in [0.29, 0.717) is 22.8 Å². The number of aryl methyl sites for hydroxylation is 1. The van der Waals surface area contributed by atoms with Gasteiger partial charge >= 0.3 is 0 Å². The van der Waals surface area contributed by atoms with Crippen LogP contribution in [0.4, 0.5) is 5.69 Å². The topological polar surface area (TPSA) is 64.4 Å². The number of anilines is 1. The molecule has 0 aliphatic carbocycles. The summed E-state index contributed by atoms with van der Waals surface area (Å²) in [6.07, 6.45) is 1.66. The van der Waals surface area contributed by atoms with Gasteiger partial charge in [0.2, 0.25) is 5.89 Å². The van der Waals surface area contributed by atoms with Crippen LogP contribution in [0.25, 0.3) is 22.8 Å². The molecule has 30 heavy (non-hydrogen) atoms. The second-order valence-corrected chi connectivity index (χ2v) is 7.01. The molecule has 0 aliphatic heterocycles. The number of ether oxygens (including phenoxy) is 1. The highest BCUT2D eigenvalue weighted by Crippen LogP contribution is 2.30. The molecule has 0 radical (unpaired) electrons. The summed E-state index contributed by atoms with van der Waals surface area (Å²) in [6, 6.07) is 20.7. The molecule has 1 heterocycles. The lowest BCUT2D eigenvalue weighted by Gasteiger charge is -2.12. The van der Waals surface area contributed by atoms with Gasteiger partial charge in [0, 0.05) is 16.8 Å². The van der Waals surface area contributed by atoms with Gasteiger partial charge < -0.3 is 14.5 Å². The highest BCUT2D eigenvalue weighted by molar-refractivity contribution is 6.08. The van der Waals surface area contributed by atoms with Crippen LogP contribution in [0.2, 0.25) is 0 Å². The molecule has 0 aliphatic rings. The summed E-state index contributed by atoms with van der Waals surface area (Å²) in [5, 5.41) is 3.01. The van der Waals surface area contributed by atoms with Crippen LogP contribution in [0, 0.1) is 13.8 Å². The molecule has 5 heteroatoms. The van der Waals surface area contributed by atoms with Gasteiger partial charge in [0.05, 0.1) is 18.9 Å². The number of oxazole rings is 1. The van der Waals surface area contributed by atoms with Gasteiger partial charge in [0.15, 0.2) is 5.76 Å². The van der Waals surface area contributed by atoms with Crippen molar-refractivity contribution in [2.45, 2.75) is 13.8 Å². The maximum Gasteiger partial charge on any atom is 0.256 e. The lowest BCUT2D eigenvalue weighted by molar-refractivity contribution is 0.102. The highest BCUT2D eigenvalue weighted by atomic mass is 16.5. The molecule has 1 amide bonds. The number of hydrogen-bond donors (Lipinski definition) is 1. The van der Waals surface area contributed by atoms with Gasteiger partial charge in [-0.15, -0.1) is 0 Å². The van der Waals surface area contributed by atoms with E-state index in [0.717, 1.165) is 28.1 Å². The zero-order valence-electron chi connectivity index (χ0n) is 17.1. The molecule has 4 rings (SSSR count). The first-order valence-electron chi connectivity index (χ1n) is 9.64. The standard InChI is InChI=1S/C25H22N2O3/c1-16-8-6-13-22(17(16)2)27-24(28)20-11-4-5-12-21(20)25-26-15-23(30-25)18-9-7-10-19(14-18)29-3/h4-15H,1-3H3,(H,27,28). The minimum absolute atomic E-state index is 0.208. The third kappa shape index (κ3) is 3.82. The molecule has 1 N–H and O–H groups in total. The second-order valence-electron chi connectivity index (χ2n) is 7.01. The lowest BCUT2D eigenvalue weighted by Crippen LogP contribution is -2.14. The number of nitrogens with one attached hydrogen (secondary N) is 1. The Bertz CT molecular complexity index is 1210. The third-order valence-corrected chi connectivity index (χ3v) is 5.11. The van der Waals surface area contributed by atoms with Gasteiger partial charge in [-0.2, -0.15) is 0 Å². The first kappa shape index (κ1) is 19.5. The summed E-state index contributed by atoms with van der Waals surface area (Å²) < 4.78 is 11.3. The largest absolute Gasteiger partial charge is 0.497 e. The van der Waals surface area contributed by atoms with E-state index >= 15 is 0 Å². The molecule has 0 saturated carbocycles. The Morgan fingerprint density at radius 3 is 2.63 bits per heavy atom. The van der Waals surface area contributed by atoms with Gasteiger partial charge in [0.1, 0.15) is 5.75 Å². The van der Waals surface area contributed by atoms with E-state index < -0.39 is 0 Å². The van der Waals surface area contributed by atoms with Crippen molar-refractivity contribution in [2.24, 2.45) is 0 Å². The van der Waals surface area contributed by atoms with Gasteiger partial charge in [-0.1, -0.05) is 36.4 Å². The summed E-state index contributed by atoms with van der Waals surface area (Å²) in [4.78, 5) is 17.4. The van der Waals surface area contributed by atoms with Crippen LogP contribution in [0.3, 0.4) is 0 Å². The highest BCUT2D eigenvalue weighted by Gasteiger charge is 2.18. The zero-order valence-corrected chi connectivity index (χ0v) is 17.1. The van der Waals surface area contributed by atoms with E-state index in [1.54, 1.807) is 19.4 Å². The van der Waals surface area contributed by atoms with Gasteiger partial charge in [0.25, 0.3) is 5.91 Å². The predicted molar refractivity (Wildman–Crippen MR) is 118 cm³/mol. The van der Waals surface area contributed by atoms with Crippen molar-refractivity contribution in [2.75, 3.05) is 12.4 Å². The molecule has 5 nitrogen and oxygen atoms in total. The van der Waals surface area contributed by atoms with E-state index in [1.165, 1.54) is 0 Å². The summed E-state index contributed by atoms with van der Waals surface area (Å²) in [5.74, 6) is 1.52. The van der Waals surface area contributed by atoms with E-state index in [4.69, 9.17) is 9.15 Å². The normalized spacial score (nSPS) is 10.6. The van der Waals surface area contributed by atoms with Crippen molar-refractivity contribution in [3.63, 3.8) is 0 Å². The summed E-state index contributed by atoms with van der Waals surface area (Å²) >= 11 is 0. The quantitative estimate of drug-likeness (QED) is 0.455. The summed E-state index contributed by atoms with van der Waals surface area (Å²) in [5.41, 5.74) is 4.94. The Morgan fingerprint density at radius 2 is 1.80 bits per heavy atom. The van der Waals surface area contributed by atoms with Crippen LogP contribution in [0.15, 0.2) is 77.3 Å². The molecule has 0 spiro atoms. The van der Waals surface area contributed by atoms with Crippen LogP contribution in [-0.4, -0.2) is 18.0 Å². The summed E-state index contributed by atoms with van der Waals surface area (Å²) in [7, 11) is 1.62. The molecule has 150 valence electrons. The third-order valence-electron chi connectivity index (χ3n) is 5.11. The molecular weight excluding hydrogens is 376 g/mol. The average Bonchev–Trinajstić information content (AvgIpc) is 3.27. The number of methoxy groups -OCH3 is 1. The number of aromatic nitrogens is 1. The van der Waals surface area contributed by atoms with Crippen LogP contribution in [-0.2, 0) is 0 Å². The Morgan fingerprint density at radius 1 is 1.00 bits per heavy atom. The number of carbonyl (C=O) groups is 1. The fourth-order valence-corrected chi connectivity index (χ4v) is 3.25. The minimum atomic E-state index is -0.208. The molecule has 3 aromatic carbocycles. The fourth-order valence-electron chi connectivity index (χ4n) is 3.25. The molecule has 0 saturated heterocycles. The molecule has 0 bridgehead atoms. The molecule has 0 fully saturated rings. The van der Waals surface area contributed by atoms with Crippen molar-refractivity contribution in [3.05, 3.63) is 89.6 Å². The predicted octanol–water partition coefficient (Wildman–Crippen LogP) is 5.89. The molecule has 4 aromatic rings.